The molecule has 0 unspecified atom stereocenters. The standard InChI is InChI=1S/C24H21BrN4O4/c1-14(30)28(2)12-11-18-17-5-3-4-6-20(17)26-21(18)13-19-22(31)27-24(33)29(23(19)32)16-9-7-15(25)8-10-16/h3-10,13,32H,11-12H2,1-2H3,(H,27,31,33)/b21-13-. The molecule has 2 aromatic carbocycles. The van der Waals surface area contributed by atoms with Crippen molar-refractivity contribution in [3.8, 4) is 11.6 Å². The zero-order chi connectivity index (χ0) is 23.7. The molecular weight excluding hydrogens is 488 g/mol. The normalized spacial score (nSPS) is 13.7. The molecule has 2 heterocycles. The quantitative estimate of drug-likeness (QED) is 0.546. The van der Waals surface area contributed by atoms with E-state index in [9.17, 15) is 19.5 Å². The molecule has 0 atom stereocenters. The summed E-state index contributed by atoms with van der Waals surface area (Å²) in [4.78, 5) is 45.3. The van der Waals surface area contributed by atoms with E-state index < -0.39 is 17.1 Å². The van der Waals surface area contributed by atoms with Gasteiger partial charge in [-0.25, -0.2) is 14.4 Å². The van der Waals surface area contributed by atoms with Crippen molar-refractivity contribution in [2.75, 3.05) is 13.6 Å². The Balaban J connectivity index is 1.86. The number of aromatic nitrogens is 2. The van der Waals surface area contributed by atoms with Crippen molar-refractivity contribution < 1.29 is 9.90 Å². The predicted molar refractivity (Wildman–Crippen MR) is 129 cm³/mol. The first kappa shape index (κ1) is 22.5. The number of hydrogen-bond acceptors (Lipinski definition) is 5. The lowest BCUT2D eigenvalue weighted by atomic mass is 10.1. The van der Waals surface area contributed by atoms with Crippen LogP contribution < -0.4 is 21.8 Å². The third-order valence-electron chi connectivity index (χ3n) is 5.50. The van der Waals surface area contributed by atoms with Gasteiger partial charge >= 0.3 is 5.69 Å². The molecular formula is C24H21BrN4O4. The Morgan fingerprint density at radius 1 is 1.18 bits per heavy atom. The highest BCUT2D eigenvalue weighted by Crippen LogP contribution is 2.25. The van der Waals surface area contributed by atoms with Gasteiger partial charge in [-0.05, 0) is 48.4 Å². The van der Waals surface area contributed by atoms with Crippen LogP contribution in [-0.2, 0) is 4.79 Å². The largest absolute Gasteiger partial charge is 0.494 e. The summed E-state index contributed by atoms with van der Waals surface area (Å²) in [5, 5.41) is 12.5. The number of nitrogens with zero attached hydrogens (tertiary/aromatic N) is 3. The fourth-order valence-corrected chi connectivity index (χ4v) is 3.88. The van der Waals surface area contributed by atoms with Gasteiger partial charge < -0.3 is 10.0 Å². The van der Waals surface area contributed by atoms with Crippen molar-refractivity contribution in [3.63, 3.8) is 0 Å². The number of aromatic amines is 1. The van der Waals surface area contributed by atoms with E-state index in [1.54, 1.807) is 36.2 Å². The molecule has 0 saturated heterocycles. The summed E-state index contributed by atoms with van der Waals surface area (Å²) in [6, 6.07) is 14.3. The summed E-state index contributed by atoms with van der Waals surface area (Å²) < 4.78 is 1.84. The molecule has 0 aliphatic carbocycles. The number of carbonyl (C=O) groups excluding carboxylic acids is 1. The lowest BCUT2D eigenvalue weighted by Crippen LogP contribution is -2.30. The van der Waals surface area contributed by atoms with Crippen molar-refractivity contribution in [2.45, 2.75) is 13.3 Å². The zero-order valence-corrected chi connectivity index (χ0v) is 19.6. The molecule has 1 aliphatic heterocycles. The predicted octanol–water partition coefficient (Wildman–Crippen LogP) is 1.69. The number of carbonyl (C=O) groups is 1. The Hall–Kier alpha value is -3.72. The summed E-state index contributed by atoms with van der Waals surface area (Å²) in [6.45, 7) is 1.96. The Morgan fingerprint density at radius 3 is 2.58 bits per heavy atom. The lowest BCUT2D eigenvalue weighted by Gasteiger charge is -2.15. The Labute approximate surface area is 197 Å². The molecule has 0 spiro atoms. The molecule has 1 amide bonds. The molecule has 0 fully saturated rings. The van der Waals surface area contributed by atoms with Crippen LogP contribution in [0.25, 0.3) is 17.3 Å². The molecule has 2 N–H and O–H groups in total. The van der Waals surface area contributed by atoms with Gasteiger partial charge in [-0.15, -0.1) is 0 Å². The van der Waals surface area contributed by atoms with Gasteiger partial charge in [0.2, 0.25) is 11.8 Å². The molecule has 1 aromatic heterocycles. The van der Waals surface area contributed by atoms with Crippen LogP contribution in [-0.4, -0.2) is 39.1 Å². The third kappa shape index (κ3) is 4.45. The molecule has 33 heavy (non-hydrogen) atoms. The number of halogens is 1. The van der Waals surface area contributed by atoms with Gasteiger partial charge in [0.15, 0.2) is 0 Å². The van der Waals surface area contributed by atoms with E-state index in [1.807, 2.05) is 24.3 Å². The molecule has 9 heteroatoms. The summed E-state index contributed by atoms with van der Waals surface area (Å²) in [5.74, 6) is -0.537. The maximum atomic E-state index is 12.6. The number of aromatic hydroxyl groups is 1. The summed E-state index contributed by atoms with van der Waals surface area (Å²) in [6.07, 6.45) is 1.99. The third-order valence-corrected chi connectivity index (χ3v) is 6.03. The van der Waals surface area contributed by atoms with Crippen LogP contribution in [0.15, 0.2) is 73.3 Å². The van der Waals surface area contributed by atoms with Crippen molar-refractivity contribution in [1.82, 2.24) is 14.5 Å². The fraction of sp³-hybridized carbons (Fsp3) is 0.167. The number of para-hydroxylation sites is 1. The number of rotatable bonds is 5. The molecule has 8 nitrogen and oxygen atoms in total. The molecule has 0 bridgehead atoms. The number of nitrogens with one attached hydrogen (secondary N) is 1. The van der Waals surface area contributed by atoms with E-state index >= 15 is 0 Å². The first-order valence-electron chi connectivity index (χ1n) is 10.2. The summed E-state index contributed by atoms with van der Waals surface area (Å²) in [5.41, 5.74) is 0.191. The van der Waals surface area contributed by atoms with Crippen LogP contribution in [0.2, 0.25) is 0 Å². The minimum absolute atomic E-state index is 0.0555. The summed E-state index contributed by atoms with van der Waals surface area (Å²) in [7, 11) is 1.72. The Kier molecular flexibility index (Phi) is 6.15. The van der Waals surface area contributed by atoms with Crippen LogP contribution in [0.3, 0.4) is 0 Å². The molecule has 3 aromatic rings. The van der Waals surface area contributed by atoms with Crippen LogP contribution in [0.4, 0.5) is 0 Å². The number of amides is 1. The second-order valence-electron chi connectivity index (χ2n) is 7.64. The monoisotopic (exact) mass is 508 g/mol. The van der Waals surface area contributed by atoms with Gasteiger partial charge in [0.1, 0.15) is 5.56 Å². The topological polar surface area (TPSA) is 108 Å². The van der Waals surface area contributed by atoms with Crippen LogP contribution >= 0.6 is 15.9 Å². The minimum atomic E-state index is -0.749. The second-order valence-corrected chi connectivity index (χ2v) is 8.55. The molecule has 1 aliphatic rings. The number of fused-ring (bicyclic) bond motifs is 1. The first-order chi connectivity index (χ1) is 15.8. The van der Waals surface area contributed by atoms with E-state index in [2.05, 4.69) is 25.9 Å². The van der Waals surface area contributed by atoms with E-state index in [0.29, 0.717) is 24.4 Å². The maximum absolute atomic E-state index is 12.6. The molecule has 4 rings (SSSR count). The maximum Gasteiger partial charge on any atom is 0.335 e. The van der Waals surface area contributed by atoms with Crippen molar-refractivity contribution in [2.24, 2.45) is 4.99 Å². The molecule has 0 radical (unpaired) electrons. The van der Waals surface area contributed by atoms with Gasteiger partial charge in [0.05, 0.1) is 16.7 Å². The SMILES string of the molecule is CC(=O)N(C)CCC1=c2ccccc2=N/C1=C\c1c(O)n(-c2ccc(Br)cc2)c(=O)[nH]c1=O. The van der Waals surface area contributed by atoms with Crippen LogP contribution in [0.5, 0.6) is 5.88 Å². The average Bonchev–Trinajstić information content (AvgIpc) is 3.13. The number of H-pyrrole nitrogens is 1. The average molecular weight is 509 g/mol. The first-order valence-corrected chi connectivity index (χ1v) is 11.0. The van der Waals surface area contributed by atoms with Crippen molar-refractivity contribution in [3.05, 3.63) is 95.7 Å². The second kappa shape index (κ2) is 9.03. The van der Waals surface area contributed by atoms with Gasteiger partial charge in [0, 0.05) is 30.2 Å². The van der Waals surface area contributed by atoms with E-state index in [1.165, 1.54) is 13.0 Å². The Bertz CT molecular complexity index is 1520. The highest BCUT2D eigenvalue weighted by atomic mass is 79.9. The van der Waals surface area contributed by atoms with E-state index in [-0.39, 0.29) is 11.5 Å². The molecule has 168 valence electrons. The summed E-state index contributed by atoms with van der Waals surface area (Å²) >= 11 is 3.34. The highest BCUT2D eigenvalue weighted by Gasteiger charge is 2.19. The van der Waals surface area contributed by atoms with Crippen molar-refractivity contribution in [1.29, 1.82) is 0 Å². The zero-order valence-electron chi connectivity index (χ0n) is 18.0. The van der Waals surface area contributed by atoms with E-state index in [0.717, 1.165) is 25.2 Å². The fourth-order valence-electron chi connectivity index (χ4n) is 3.62. The van der Waals surface area contributed by atoms with Gasteiger partial charge in [-0.2, -0.15) is 0 Å². The lowest BCUT2D eigenvalue weighted by molar-refractivity contribution is -0.127. The number of benzene rings is 2. The number of hydrogen-bond donors (Lipinski definition) is 2. The smallest absolute Gasteiger partial charge is 0.335 e. The van der Waals surface area contributed by atoms with Crippen LogP contribution in [0, 0.1) is 0 Å². The van der Waals surface area contributed by atoms with Crippen molar-refractivity contribution >= 4 is 33.5 Å². The van der Waals surface area contributed by atoms with Gasteiger partial charge in [-0.3, -0.25) is 14.6 Å². The number of allylic oxidation sites excluding steroid dienone is 1. The highest BCUT2D eigenvalue weighted by molar-refractivity contribution is 9.10. The Morgan fingerprint density at radius 2 is 1.88 bits per heavy atom. The van der Waals surface area contributed by atoms with E-state index in [4.69, 9.17) is 0 Å². The minimum Gasteiger partial charge on any atom is -0.494 e. The van der Waals surface area contributed by atoms with Crippen LogP contribution in [0.1, 0.15) is 18.9 Å². The molecule has 0 saturated carbocycles. The van der Waals surface area contributed by atoms with Gasteiger partial charge in [0.25, 0.3) is 5.56 Å². The van der Waals surface area contributed by atoms with Gasteiger partial charge in [-0.1, -0.05) is 34.1 Å².